The lowest BCUT2D eigenvalue weighted by molar-refractivity contribution is 0.0611. The van der Waals surface area contributed by atoms with Gasteiger partial charge in [-0.05, 0) is 38.3 Å². The SMILES string of the molecule is C=Cc1cccc(C(CC)[Si](OCC)(OCC)OCC)c1. The summed E-state index contributed by atoms with van der Waals surface area (Å²) in [5.41, 5.74) is 2.47. The van der Waals surface area contributed by atoms with E-state index in [0.717, 1.165) is 12.0 Å². The Hall–Kier alpha value is -0.943. The molecule has 1 unspecified atom stereocenters. The molecule has 0 radical (unpaired) electrons. The third-order valence-electron chi connectivity index (χ3n) is 3.42. The molecule has 0 aliphatic carbocycles. The molecule has 118 valence electrons. The molecule has 1 aromatic rings. The predicted molar refractivity (Wildman–Crippen MR) is 90.2 cm³/mol. The minimum Gasteiger partial charge on any atom is -0.373 e. The molecule has 0 amide bonds. The fourth-order valence-corrected chi connectivity index (χ4v) is 5.77. The van der Waals surface area contributed by atoms with Crippen LogP contribution in [0.5, 0.6) is 0 Å². The van der Waals surface area contributed by atoms with Crippen molar-refractivity contribution in [3.63, 3.8) is 0 Å². The minimum absolute atomic E-state index is 0.150. The van der Waals surface area contributed by atoms with E-state index in [9.17, 15) is 0 Å². The smallest absolute Gasteiger partial charge is 0.373 e. The van der Waals surface area contributed by atoms with Crippen molar-refractivity contribution in [2.75, 3.05) is 19.8 Å². The summed E-state index contributed by atoms with van der Waals surface area (Å²) in [4.78, 5) is 0. The van der Waals surface area contributed by atoms with Gasteiger partial charge in [-0.2, -0.15) is 0 Å². The maximum Gasteiger partial charge on any atom is 0.508 e. The van der Waals surface area contributed by atoms with E-state index in [1.165, 1.54) is 5.56 Å². The Labute approximate surface area is 130 Å². The molecule has 0 N–H and O–H groups in total. The van der Waals surface area contributed by atoms with Crippen LogP contribution in [0.25, 0.3) is 6.08 Å². The lowest BCUT2D eigenvalue weighted by Gasteiger charge is -2.35. The van der Waals surface area contributed by atoms with E-state index in [2.05, 4.69) is 37.8 Å². The average Bonchev–Trinajstić information content (AvgIpc) is 2.49. The first-order valence-corrected chi connectivity index (χ1v) is 9.61. The Morgan fingerprint density at radius 2 is 1.62 bits per heavy atom. The van der Waals surface area contributed by atoms with Crippen molar-refractivity contribution in [1.82, 2.24) is 0 Å². The van der Waals surface area contributed by atoms with Gasteiger partial charge in [0, 0.05) is 19.8 Å². The third kappa shape index (κ3) is 4.51. The molecule has 0 saturated heterocycles. The largest absolute Gasteiger partial charge is 0.508 e. The Balaban J connectivity index is 3.23. The molecule has 0 aromatic heterocycles. The molecule has 0 fully saturated rings. The van der Waals surface area contributed by atoms with Gasteiger partial charge in [0.05, 0.1) is 5.54 Å². The second-order valence-corrected chi connectivity index (χ2v) is 7.51. The van der Waals surface area contributed by atoms with E-state index < -0.39 is 8.80 Å². The van der Waals surface area contributed by atoms with Crippen LogP contribution in [0.2, 0.25) is 0 Å². The molecule has 1 aromatic carbocycles. The number of hydrogen-bond acceptors (Lipinski definition) is 3. The normalized spacial score (nSPS) is 13.1. The number of benzene rings is 1. The summed E-state index contributed by atoms with van der Waals surface area (Å²) in [6, 6.07) is 8.38. The maximum atomic E-state index is 6.06. The van der Waals surface area contributed by atoms with Crippen molar-refractivity contribution in [2.24, 2.45) is 0 Å². The average molecular weight is 308 g/mol. The second kappa shape index (κ2) is 9.15. The van der Waals surface area contributed by atoms with E-state index in [-0.39, 0.29) is 5.54 Å². The summed E-state index contributed by atoms with van der Waals surface area (Å²) in [6.45, 7) is 13.8. The van der Waals surface area contributed by atoms with Crippen LogP contribution in [0, 0.1) is 0 Å². The first-order valence-electron chi connectivity index (χ1n) is 7.81. The van der Waals surface area contributed by atoms with Crippen LogP contribution < -0.4 is 0 Å². The van der Waals surface area contributed by atoms with Crippen LogP contribution in [0.15, 0.2) is 30.8 Å². The first-order chi connectivity index (χ1) is 10.2. The first kappa shape index (κ1) is 18.1. The molecule has 0 saturated carbocycles. The van der Waals surface area contributed by atoms with Gasteiger partial charge in [-0.15, -0.1) is 0 Å². The zero-order valence-corrected chi connectivity index (χ0v) is 14.7. The van der Waals surface area contributed by atoms with Crippen LogP contribution >= 0.6 is 0 Å². The van der Waals surface area contributed by atoms with E-state index in [0.29, 0.717) is 19.8 Å². The van der Waals surface area contributed by atoms with Crippen LogP contribution in [-0.4, -0.2) is 28.6 Å². The zero-order valence-electron chi connectivity index (χ0n) is 13.7. The van der Waals surface area contributed by atoms with Gasteiger partial charge >= 0.3 is 8.80 Å². The standard InChI is InChI=1S/C17H28O3Si/c1-6-15-12-11-13-16(14-15)17(7-2)21(18-8-3,19-9-4)20-10-5/h6,11-14,17H,1,7-10H2,2-5H3. The highest BCUT2D eigenvalue weighted by Crippen LogP contribution is 2.33. The molecule has 0 aliphatic heterocycles. The van der Waals surface area contributed by atoms with Crippen LogP contribution in [0.4, 0.5) is 0 Å². The molecule has 1 atom stereocenters. The molecule has 4 heteroatoms. The van der Waals surface area contributed by atoms with E-state index in [1.54, 1.807) is 0 Å². The van der Waals surface area contributed by atoms with Crippen molar-refractivity contribution in [3.8, 4) is 0 Å². The fraction of sp³-hybridized carbons (Fsp3) is 0.529. The third-order valence-corrected chi connectivity index (χ3v) is 7.09. The second-order valence-electron chi connectivity index (χ2n) is 4.74. The Bertz CT molecular complexity index is 417. The molecule has 0 aliphatic rings. The van der Waals surface area contributed by atoms with Gasteiger partial charge in [-0.25, -0.2) is 0 Å². The van der Waals surface area contributed by atoms with Gasteiger partial charge in [0.2, 0.25) is 0 Å². The van der Waals surface area contributed by atoms with Crippen LogP contribution in [0.1, 0.15) is 50.8 Å². The summed E-state index contributed by atoms with van der Waals surface area (Å²) >= 11 is 0. The van der Waals surface area contributed by atoms with Gasteiger partial charge in [0.1, 0.15) is 0 Å². The number of rotatable bonds is 10. The van der Waals surface area contributed by atoms with Gasteiger partial charge in [-0.1, -0.05) is 43.8 Å². The van der Waals surface area contributed by atoms with Gasteiger partial charge in [0.15, 0.2) is 0 Å². The highest BCUT2D eigenvalue weighted by Gasteiger charge is 2.49. The highest BCUT2D eigenvalue weighted by atomic mass is 28.4. The molecule has 0 bridgehead atoms. The fourth-order valence-electron chi connectivity index (χ4n) is 2.62. The number of hydrogen-bond donors (Lipinski definition) is 0. The molecule has 0 heterocycles. The van der Waals surface area contributed by atoms with E-state index in [1.807, 2.05) is 26.8 Å². The van der Waals surface area contributed by atoms with E-state index in [4.69, 9.17) is 13.3 Å². The Morgan fingerprint density at radius 3 is 2.05 bits per heavy atom. The van der Waals surface area contributed by atoms with E-state index >= 15 is 0 Å². The predicted octanol–water partition coefficient (Wildman–Crippen LogP) is 4.41. The molecule has 0 spiro atoms. The summed E-state index contributed by atoms with van der Waals surface area (Å²) in [5, 5.41) is 0. The monoisotopic (exact) mass is 308 g/mol. The lowest BCUT2D eigenvalue weighted by atomic mass is 10.1. The highest BCUT2D eigenvalue weighted by molar-refractivity contribution is 6.62. The molecular weight excluding hydrogens is 280 g/mol. The van der Waals surface area contributed by atoms with Crippen LogP contribution in [-0.2, 0) is 13.3 Å². The van der Waals surface area contributed by atoms with Gasteiger partial charge in [-0.3, -0.25) is 0 Å². The van der Waals surface area contributed by atoms with Crippen molar-refractivity contribution in [1.29, 1.82) is 0 Å². The molecule has 1 rings (SSSR count). The summed E-state index contributed by atoms with van der Waals surface area (Å²) in [7, 11) is -2.74. The van der Waals surface area contributed by atoms with Crippen molar-refractivity contribution >= 4 is 14.9 Å². The topological polar surface area (TPSA) is 27.7 Å². The minimum atomic E-state index is -2.74. The Morgan fingerprint density at radius 1 is 1.05 bits per heavy atom. The van der Waals surface area contributed by atoms with Gasteiger partial charge < -0.3 is 13.3 Å². The zero-order chi connectivity index (χ0) is 15.7. The Kier molecular flexibility index (Phi) is 7.89. The lowest BCUT2D eigenvalue weighted by Crippen LogP contribution is -2.51. The van der Waals surface area contributed by atoms with Crippen molar-refractivity contribution in [3.05, 3.63) is 42.0 Å². The van der Waals surface area contributed by atoms with Crippen molar-refractivity contribution in [2.45, 2.75) is 39.7 Å². The summed E-state index contributed by atoms with van der Waals surface area (Å²) in [5.74, 6) is 0. The summed E-state index contributed by atoms with van der Waals surface area (Å²) < 4.78 is 18.2. The maximum absolute atomic E-state index is 6.06. The van der Waals surface area contributed by atoms with Crippen LogP contribution in [0.3, 0.4) is 0 Å². The molecule has 21 heavy (non-hydrogen) atoms. The molecular formula is C17H28O3Si. The summed E-state index contributed by atoms with van der Waals surface area (Å²) in [6.07, 6.45) is 2.79. The quantitative estimate of drug-likeness (QED) is 0.599. The van der Waals surface area contributed by atoms with Crippen molar-refractivity contribution < 1.29 is 13.3 Å². The van der Waals surface area contributed by atoms with Gasteiger partial charge in [0.25, 0.3) is 0 Å². The molecule has 3 nitrogen and oxygen atoms in total.